The molecule has 1 aromatic carbocycles. The number of benzene rings is 1. The molecule has 18 heavy (non-hydrogen) atoms. The topological polar surface area (TPSA) is 55.1 Å². The average molecular weight is 240 g/mol. The fraction of sp³-hybridized carbons (Fsp3) is 0.143. The van der Waals surface area contributed by atoms with Gasteiger partial charge in [-0.2, -0.15) is 5.26 Å². The lowest BCUT2D eigenvalue weighted by molar-refractivity contribution is 0.184. The van der Waals surface area contributed by atoms with E-state index in [0.29, 0.717) is 23.8 Å². The molecular weight excluding hydrogens is 228 g/mol. The number of nitriles is 1. The number of nitrogens with zero attached hydrogens (tertiary/aromatic N) is 2. The highest BCUT2D eigenvalue weighted by molar-refractivity contribution is 5.36. The average Bonchev–Trinajstić information content (AvgIpc) is 2.40. The van der Waals surface area contributed by atoms with Crippen molar-refractivity contribution < 1.29 is 9.47 Å². The molecular formula is C14H12N2O2. The van der Waals surface area contributed by atoms with Crippen molar-refractivity contribution in [3.63, 3.8) is 0 Å². The van der Waals surface area contributed by atoms with Crippen molar-refractivity contribution >= 4 is 0 Å². The predicted molar refractivity (Wildman–Crippen MR) is 66.2 cm³/mol. The van der Waals surface area contributed by atoms with Gasteiger partial charge in [-0.1, -0.05) is 12.1 Å². The number of hydrogen-bond donors (Lipinski definition) is 0. The highest BCUT2D eigenvalue weighted by Gasteiger charge is 2.01. The van der Waals surface area contributed by atoms with Crippen molar-refractivity contribution in [3.8, 4) is 17.6 Å². The Kier molecular flexibility index (Phi) is 3.90. The molecule has 4 nitrogen and oxygen atoms in total. The molecule has 2 rings (SSSR count). The second-order valence-electron chi connectivity index (χ2n) is 3.67. The second kappa shape index (κ2) is 5.80. The van der Waals surface area contributed by atoms with Gasteiger partial charge in [-0.25, -0.2) is 4.98 Å². The summed E-state index contributed by atoms with van der Waals surface area (Å²) in [6, 6.07) is 12.9. The Morgan fingerprint density at radius 3 is 2.83 bits per heavy atom. The van der Waals surface area contributed by atoms with Crippen molar-refractivity contribution in [1.82, 2.24) is 4.98 Å². The van der Waals surface area contributed by atoms with Crippen LogP contribution in [0.2, 0.25) is 0 Å². The Bertz CT molecular complexity index is 576. The van der Waals surface area contributed by atoms with Gasteiger partial charge in [0.1, 0.15) is 23.3 Å². The molecule has 0 aliphatic carbocycles. The van der Waals surface area contributed by atoms with Crippen LogP contribution in [-0.4, -0.2) is 12.1 Å². The minimum absolute atomic E-state index is 0.334. The van der Waals surface area contributed by atoms with Crippen molar-refractivity contribution in [2.75, 3.05) is 7.11 Å². The highest BCUT2D eigenvalue weighted by Crippen LogP contribution is 2.22. The molecule has 0 amide bonds. The van der Waals surface area contributed by atoms with Crippen molar-refractivity contribution in [1.29, 1.82) is 5.26 Å². The minimum atomic E-state index is 0.334. The van der Waals surface area contributed by atoms with E-state index in [1.54, 1.807) is 25.4 Å². The van der Waals surface area contributed by atoms with Crippen molar-refractivity contribution in [2.24, 2.45) is 0 Å². The first-order valence-corrected chi connectivity index (χ1v) is 5.43. The Balaban J connectivity index is 2.18. The zero-order chi connectivity index (χ0) is 12.8. The fourth-order valence-corrected chi connectivity index (χ4v) is 1.54. The first-order chi connectivity index (χ1) is 8.81. The number of methoxy groups -OCH3 is 1. The largest absolute Gasteiger partial charge is 0.457 e. The molecule has 0 saturated heterocycles. The van der Waals surface area contributed by atoms with Crippen LogP contribution in [0.4, 0.5) is 0 Å². The number of ether oxygens (including phenoxy) is 2. The summed E-state index contributed by atoms with van der Waals surface area (Å²) in [5, 5.41) is 8.76. The molecule has 0 aliphatic rings. The van der Waals surface area contributed by atoms with E-state index in [-0.39, 0.29) is 0 Å². The summed E-state index contributed by atoms with van der Waals surface area (Å²) in [6.45, 7) is 0.539. The molecule has 0 fully saturated rings. The standard InChI is InChI=1S/C14H12N2O2/c1-17-10-11-3-2-4-13(7-11)18-14-5-6-16-12(8-14)9-15/h2-8H,10H2,1H3. The third kappa shape index (κ3) is 3.06. The van der Waals surface area contributed by atoms with Crippen molar-refractivity contribution in [2.45, 2.75) is 6.61 Å². The zero-order valence-corrected chi connectivity index (χ0v) is 9.96. The van der Waals surface area contributed by atoms with Gasteiger partial charge in [0.25, 0.3) is 0 Å². The smallest absolute Gasteiger partial charge is 0.144 e. The van der Waals surface area contributed by atoms with Crippen LogP contribution in [0, 0.1) is 11.3 Å². The van der Waals surface area contributed by atoms with E-state index >= 15 is 0 Å². The van der Waals surface area contributed by atoms with Gasteiger partial charge in [-0.3, -0.25) is 0 Å². The van der Waals surface area contributed by atoms with Crippen LogP contribution in [0.25, 0.3) is 0 Å². The summed E-state index contributed by atoms with van der Waals surface area (Å²) in [6.07, 6.45) is 1.55. The van der Waals surface area contributed by atoms with E-state index in [4.69, 9.17) is 14.7 Å². The maximum atomic E-state index is 8.76. The Morgan fingerprint density at radius 2 is 2.06 bits per heavy atom. The van der Waals surface area contributed by atoms with Crippen LogP contribution < -0.4 is 4.74 Å². The third-order valence-corrected chi connectivity index (χ3v) is 2.29. The van der Waals surface area contributed by atoms with Gasteiger partial charge in [0.15, 0.2) is 0 Å². The molecule has 2 aromatic rings. The van der Waals surface area contributed by atoms with Crippen molar-refractivity contribution in [3.05, 3.63) is 53.9 Å². The van der Waals surface area contributed by atoms with E-state index in [1.165, 1.54) is 0 Å². The SMILES string of the molecule is COCc1cccc(Oc2ccnc(C#N)c2)c1. The Morgan fingerprint density at radius 1 is 1.22 bits per heavy atom. The van der Waals surface area contributed by atoms with Crippen LogP contribution in [0.5, 0.6) is 11.5 Å². The lowest BCUT2D eigenvalue weighted by Gasteiger charge is -2.07. The number of rotatable bonds is 4. The second-order valence-corrected chi connectivity index (χ2v) is 3.67. The highest BCUT2D eigenvalue weighted by atomic mass is 16.5. The lowest BCUT2D eigenvalue weighted by Crippen LogP contribution is -1.90. The molecule has 1 heterocycles. The van der Waals surface area contributed by atoms with Crippen LogP contribution in [0.1, 0.15) is 11.3 Å². The van der Waals surface area contributed by atoms with Gasteiger partial charge in [-0.05, 0) is 23.8 Å². The summed E-state index contributed by atoms with van der Waals surface area (Å²) < 4.78 is 10.7. The van der Waals surface area contributed by atoms with Crippen LogP contribution in [0.15, 0.2) is 42.6 Å². The molecule has 0 atom stereocenters. The molecule has 90 valence electrons. The first-order valence-electron chi connectivity index (χ1n) is 5.43. The Hall–Kier alpha value is -2.38. The zero-order valence-electron chi connectivity index (χ0n) is 9.96. The summed E-state index contributed by atoms with van der Waals surface area (Å²) in [7, 11) is 1.65. The van der Waals surface area contributed by atoms with Gasteiger partial charge in [-0.15, -0.1) is 0 Å². The van der Waals surface area contributed by atoms with Crippen LogP contribution >= 0.6 is 0 Å². The minimum Gasteiger partial charge on any atom is -0.457 e. The Labute approximate surface area is 105 Å². The maximum absolute atomic E-state index is 8.76. The molecule has 0 N–H and O–H groups in total. The van der Waals surface area contributed by atoms with Gasteiger partial charge < -0.3 is 9.47 Å². The fourth-order valence-electron chi connectivity index (χ4n) is 1.54. The molecule has 0 spiro atoms. The third-order valence-electron chi connectivity index (χ3n) is 2.29. The van der Waals surface area contributed by atoms with Gasteiger partial charge in [0.05, 0.1) is 6.61 Å². The predicted octanol–water partition coefficient (Wildman–Crippen LogP) is 2.89. The van der Waals surface area contributed by atoms with Crippen LogP contribution in [-0.2, 0) is 11.3 Å². The lowest BCUT2D eigenvalue weighted by atomic mass is 10.2. The summed E-state index contributed by atoms with van der Waals surface area (Å²) >= 11 is 0. The number of hydrogen-bond acceptors (Lipinski definition) is 4. The molecule has 0 radical (unpaired) electrons. The van der Waals surface area contributed by atoms with Crippen LogP contribution in [0.3, 0.4) is 0 Å². The molecule has 0 bridgehead atoms. The normalized spacial score (nSPS) is 9.78. The maximum Gasteiger partial charge on any atom is 0.144 e. The monoisotopic (exact) mass is 240 g/mol. The number of aromatic nitrogens is 1. The van der Waals surface area contributed by atoms with E-state index in [2.05, 4.69) is 4.98 Å². The first kappa shape index (κ1) is 12.1. The van der Waals surface area contributed by atoms with E-state index in [1.807, 2.05) is 30.3 Å². The summed E-state index contributed by atoms with van der Waals surface area (Å²) in [5.74, 6) is 1.30. The molecule has 4 heteroatoms. The molecule has 0 aliphatic heterocycles. The summed E-state index contributed by atoms with van der Waals surface area (Å²) in [4.78, 5) is 3.89. The van der Waals surface area contributed by atoms with E-state index < -0.39 is 0 Å². The molecule has 0 unspecified atom stereocenters. The van der Waals surface area contributed by atoms with Gasteiger partial charge in [0, 0.05) is 19.4 Å². The van der Waals surface area contributed by atoms with Gasteiger partial charge in [0.2, 0.25) is 0 Å². The molecule has 0 saturated carbocycles. The summed E-state index contributed by atoms with van der Waals surface area (Å²) in [5.41, 5.74) is 1.37. The van der Waals surface area contributed by atoms with E-state index in [0.717, 1.165) is 5.56 Å². The van der Waals surface area contributed by atoms with E-state index in [9.17, 15) is 0 Å². The molecule has 1 aromatic heterocycles. The van der Waals surface area contributed by atoms with Gasteiger partial charge >= 0.3 is 0 Å². The number of pyridine rings is 1. The quantitative estimate of drug-likeness (QED) is 0.824.